The number of aryl methyl sites for hydroxylation is 1. The number of aromatic nitrogens is 3. The minimum Gasteiger partial charge on any atom is -0.508 e. The van der Waals surface area contributed by atoms with Gasteiger partial charge in [0.2, 0.25) is 0 Å². The Labute approximate surface area is 236 Å². The summed E-state index contributed by atoms with van der Waals surface area (Å²) < 4.78 is 3.97. The molecule has 1 saturated heterocycles. The van der Waals surface area contributed by atoms with Crippen LogP contribution in [0.4, 0.5) is 11.4 Å². The van der Waals surface area contributed by atoms with E-state index in [0.29, 0.717) is 12.2 Å². The maximum Gasteiger partial charge on any atom is 0.351 e. The zero-order valence-corrected chi connectivity index (χ0v) is 24.0. The Balaban J connectivity index is 1.35. The highest BCUT2D eigenvalue weighted by atomic mass is 79.9. The van der Waals surface area contributed by atoms with E-state index in [9.17, 15) is 15.0 Å². The number of aliphatic hydroxyl groups is 1. The number of phenolic OH excluding ortho intramolecular Hbond substituents is 1. The summed E-state index contributed by atoms with van der Waals surface area (Å²) in [6, 6.07) is 22.8. The Morgan fingerprint density at radius 2 is 1.36 bits per heavy atom. The molecule has 0 bridgehead atoms. The predicted octanol–water partition coefficient (Wildman–Crippen LogP) is 5.00. The number of hydrogen-bond donors (Lipinski definition) is 2. The van der Waals surface area contributed by atoms with Gasteiger partial charge in [0, 0.05) is 42.0 Å². The molecule has 2 N–H and O–H groups in total. The number of phenols is 1. The molecule has 9 heteroatoms. The third kappa shape index (κ3) is 5.21. The second-order valence-electron chi connectivity index (χ2n) is 10.2. The molecular formula is C30H34BrN5O3. The van der Waals surface area contributed by atoms with Gasteiger partial charge in [0.05, 0.1) is 11.2 Å². The average molecular weight is 593 g/mol. The highest BCUT2D eigenvalue weighted by Crippen LogP contribution is 2.35. The van der Waals surface area contributed by atoms with Gasteiger partial charge in [-0.3, -0.25) is 0 Å². The van der Waals surface area contributed by atoms with Crippen LogP contribution >= 0.6 is 15.9 Å². The van der Waals surface area contributed by atoms with Crippen LogP contribution in [0, 0.1) is 6.92 Å². The van der Waals surface area contributed by atoms with Crippen LogP contribution in [-0.2, 0) is 5.54 Å². The van der Waals surface area contributed by atoms with E-state index >= 15 is 0 Å². The van der Waals surface area contributed by atoms with E-state index in [4.69, 9.17) is 0 Å². The highest BCUT2D eigenvalue weighted by Gasteiger charge is 2.38. The van der Waals surface area contributed by atoms with E-state index in [1.807, 2.05) is 81.4 Å². The molecule has 39 heavy (non-hydrogen) atoms. The standard InChI is InChI=1S/C30H34BrN5O3/c1-4-30(3,28(38)22-5-7-23(31)8-6-22)36-29(39)35(21(2)32-36)26-11-9-24(10-12-26)33-17-19-34(20-18-33)25-13-15-27(37)16-14-25/h5-16,28,37-38H,4,17-20H2,1-3H3. The summed E-state index contributed by atoms with van der Waals surface area (Å²) >= 11 is 3.44. The van der Waals surface area contributed by atoms with Crippen molar-refractivity contribution < 1.29 is 10.2 Å². The quantitative estimate of drug-likeness (QED) is 0.315. The van der Waals surface area contributed by atoms with Gasteiger partial charge in [-0.25, -0.2) is 14.0 Å². The van der Waals surface area contributed by atoms with Gasteiger partial charge in [-0.1, -0.05) is 35.0 Å². The van der Waals surface area contributed by atoms with E-state index in [1.54, 1.807) is 16.7 Å². The first-order chi connectivity index (χ1) is 18.7. The second kappa shape index (κ2) is 10.9. The van der Waals surface area contributed by atoms with E-state index in [1.165, 1.54) is 4.68 Å². The SMILES string of the molecule is CCC(C)(C(O)c1ccc(Br)cc1)n1nc(C)n(-c2ccc(N3CCN(c4ccc(O)cc4)CC3)cc2)c1=O. The number of benzene rings is 3. The molecule has 2 atom stereocenters. The first-order valence-electron chi connectivity index (χ1n) is 13.2. The van der Waals surface area contributed by atoms with Gasteiger partial charge in [-0.2, -0.15) is 5.10 Å². The Morgan fingerprint density at radius 1 is 0.872 bits per heavy atom. The molecule has 204 valence electrons. The molecule has 3 aromatic carbocycles. The predicted molar refractivity (Wildman–Crippen MR) is 158 cm³/mol. The van der Waals surface area contributed by atoms with Crippen molar-refractivity contribution in [2.24, 2.45) is 0 Å². The van der Waals surface area contributed by atoms with Crippen LogP contribution in [0.1, 0.15) is 37.8 Å². The smallest absolute Gasteiger partial charge is 0.351 e. The van der Waals surface area contributed by atoms with Gasteiger partial charge >= 0.3 is 5.69 Å². The number of anilines is 2. The van der Waals surface area contributed by atoms with Crippen molar-refractivity contribution in [3.8, 4) is 11.4 Å². The molecule has 5 rings (SSSR count). The molecule has 4 aromatic rings. The molecule has 0 amide bonds. The summed E-state index contributed by atoms with van der Waals surface area (Å²) in [7, 11) is 0. The first kappa shape index (κ1) is 27.0. The van der Waals surface area contributed by atoms with Gasteiger partial charge < -0.3 is 20.0 Å². The molecule has 1 aliphatic rings. The lowest BCUT2D eigenvalue weighted by Crippen LogP contribution is -2.46. The van der Waals surface area contributed by atoms with Crippen molar-refractivity contribution in [2.45, 2.75) is 38.8 Å². The van der Waals surface area contributed by atoms with Crippen LogP contribution in [0.5, 0.6) is 5.75 Å². The third-order valence-electron chi connectivity index (χ3n) is 7.88. The number of nitrogens with zero attached hydrogens (tertiary/aromatic N) is 5. The van der Waals surface area contributed by atoms with Crippen molar-refractivity contribution in [1.82, 2.24) is 14.3 Å². The lowest BCUT2D eigenvalue weighted by atomic mass is 9.87. The molecule has 1 fully saturated rings. The first-order valence-corrected chi connectivity index (χ1v) is 14.0. The van der Waals surface area contributed by atoms with Crippen LogP contribution < -0.4 is 15.5 Å². The van der Waals surface area contributed by atoms with E-state index in [0.717, 1.165) is 53.3 Å². The van der Waals surface area contributed by atoms with Crippen molar-refractivity contribution in [1.29, 1.82) is 0 Å². The van der Waals surface area contributed by atoms with Gasteiger partial charge in [-0.15, -0.1) is 0 Å². The molecule has 2 unspecified atom stereocenters. The van der Waals surface area contributed by atoms with E-state index < -0.39 is 11.6 Å². The van der Waals surface area contributed by atoms with Crippen LogP contribution in [0.25, 0.3) is 5.69 Å². The monoisotopic (exact) mass is 591 g/mol. The Morgan fingerprint density at radius 3 is 1.87 bits per heavy atom. The number of halogens is 1. The molecule has 2 heterocycles. The fourth-order valence-corrected chi connectivity index (χ4v) is 5.52. The molecule has 1 aromatic heterocycles. The number of hydrogen-bond acceptors (Lipinski definition) is 6. The summed E-state index contributed by atoms with van der Waals surface area (Å²) in [5.41, 5.74) is 2.50. The summed E-state index contributed by atoms with van der Waals surface area (Å²) in [4.78, 5) is 18.3. The molecule has 8 nitrogen and oxygen atoms in total. The van der Waals surface area contributed by atoms with Crippen LogP contribution in [0.15, 0.2) is 82.1 Å². The zero-order chi connectivity index (χ0) is 27.7. The largest absolute Gasteiger partial charge is 0.508 e. The number of rotatable bonds is 7. The normalized spacial score (nSPS) is 16.2. The highest BCUT2D eigenvalue weighted by molar-refractivity contribution is 9.10. The Hall–Kier alpha value is -3.56. The minimum atomic E-state index is -0.919. The molecule has 0 aliphatic carbocycles. The van der Waals surface area contributed by atoms with Gasteiger partial charge in [-0.05, 0) is 86.5 Å². The number of piperazine rings is 1. The lowest BCUT2D eigenvalue weighted by molar-refractivity contribution is 0.0295. The maximum atomic E-state index is 13.7. The van der Waals surface area contributed by atoms with Gasteiger partial charge in [0.25, 0.3) is 0 Å². The topological polar surface area (TPSA) is 86.8 Å². The van der Waals surface area contributed by atoms with Crippen molar-refractivity contribution in [3.05, 3.63) is 99.1 Å². The average Bonchev–Trinajstić information content (AvgIpc) is 3.27. The third-order valence-corrected chi connectivity index (χ3v) is 8.41. The molecule has 0 radical (unpaired) electrons. The zero-order valence-electron chi connectivity index (χ0n) is 22.5. The van der Waals surface area contributed by atoms with Crippen LogP contribution in [0.3, 0.4) is 0 Å². The molecular weight excluding hydrogens is 558 g/mol. The van der Waals surface area contributed by atoms with Crippen LogP contribution in [0.2, 0.25) is 0 Å². The summed E-state index contributed by atoms with van der Waals surface area (Å²) in [6.45, 7) is 9.16. The lowest BCUT2D eigenvalue weighted by Gasteiger charge is -2.37. The van der Waals surface area contributed by atoms with Gasteiger partial charge in [0.1, 0.15) is 17.7 Å². The van der Waals surface area contributed by atoms with Crippen molar-refractivity contribution >= 4 is 27.3 Å². The second-order valence-corrected chi connectivity index (χ2v) is 11.2. The number of aliphatic hydroxyl groups excluding tert-OH is 1. The fraction of sp³-hybridized carbons (Fsp3) is 0.333. The van der Waals surface area contributed by atoms with E-state index in [-0.39, 0.29) is 11.4 Å². The Bertz CT molecular complexity index is 1470. The number of aromatic hydroxyl groups is 1. The van der Waals surface area contributed by atoms with Crippen molar-refractivity contribution in [3.63, 3.8) is 0 Å². The fourth-order valence-electron chi connectivity index (χ4n) is 5.26. The van der Waals surface area contributed by atoms with Crippen LogP contribution in [-0.4, -0.2) is 50.7 Å². The Kier molecular flexibility index (Phi) is 7.55. The minimum absolute atomic E-state index is 0.275. The summed E-state index contributed by atoms with van der Waals surface area (Å²) in [5.74, 6) is 0.843. The van der Waals surface area contributed by atoms with Crippen molar-refractivity contribution in [2.75, 3.05) is 36.0 Å². The summed E-state index contributed by atoms with van der Waals surface area (Å²) in [5, 5.41) is 25.5. The molecule has 0 saturated carbocycles. The maximum absolute atomic E-state index is 13.7. The summed E-state index contributed by atoms with van der Waals surface area (Å²) in [6.07, 6.45) is -0.381. The van der Waals surface area contributed by atoms with Gasteiger partial charge in [0.15, 0.2) is 0 Å². The molecule has 0 spiro atoms. The molecule has 1 aliphatic heterocycles. The van der Waals surface area contributed by atoms with E-state index in [2.05, 4.69) is 30.8 Å².